The van der Waals surface area contributed by atoms with Crippen LogP contribution in [0.1, 0.15) is 33.6 Å². The molecular formula is C10H9F2N3O2. The number of alkyl halides is 2. The van der Waals surface area contributed by atoms with Crippen LogP contribution in [-0.2, 0) is 11.3 Å². The minimum Gasteiger partial charge on any atom is -0.465 e. The summed E-state index contributed by atoms with van der Waals surface area (Å²) in [6.07, 6.45) is -1.96. The van der Waals surface area contributed by atoms with E-state index in [1.807, 2.05) is 0 Å². The Morgan fingerprint density at radius 1 is 1.71 bits per heavy atom. The number of carbonyl (C=O) groups excluding carboxylic acids is 1. The topological polar surface area (TPSA) is 89.0 Å². The summed E-state index contributed by atoms with van der Waals surface area (Å²) in [6, 6.07) is 1.69. The van der Waals surface area contributed by atoms with Crippen molar-refractivity contribution >= 4 is 5.97 Å². The number of nitrogens with zero attached hydrogens (tertiary/aromatic N) is 2. The Labute approximate surface area is 95.8 Å². The normalized spacial score (nSPS) is 10.1. The van der Waals surface area contributed by atoms with E-state index in [0.29, 0.717) is 0 Å². The summed E-state index contributed by atoms with van der Waals surface area (Å²) in [4.78, 5) is 14.9. The van der Waals surface area contributed by atoms with Crippen molar-refractivity contribution in [3.63, 3.8) is 0 Å². The molecule has 90 valence electrons. The third-order valence-corrected chi connectivity index (χ3v) is 2.13. The third-order valence-electron chi connectivity index (χ3n) is 2.13. The van der Waals surface area contributed by atoms with Crippen LogP contribution in [-0.4, -0.2) is 18.1 Å². The third kappa shape index (κ3) is 2.37. The van der Waals surface area contributed by atoms with Crippen molar-refractivity contribution in [3.8, 4) is 6.07 Å². The van der Waals surface area contributed by atoms with Gasteiger partial charge in [-0.1, -0.05) is 0 Å². The molecule has 1 heterocycles. The van der Waals surface area contributed by atoms with Crippen LogP contribution in [0.3, 0.4) is 0 Å². The van der Waals surface area contributed by atoms with Gasteiger partial charge in [-0.2, -0.15) is 5.26 Å². The standard InChI is InChI=1S/C10H9F2N3O2/c1-17-10(16)7-5(2-13)4-15-8(9(11)12)6(7)3-14/h4,9H,3,14H2,1H3. The van der Waals surface area contributed by atoms with Gasteiger partial charge in [0.25, 0.3) is 6.43 Å². The fraction of sp³-hybridized carbons (Fsp3) is 0.300. The van der Waals surface area contributed by atoms with Gasteiger partial charge in [0.15, 0.2) is 0 Å². The Kier molecular flexibility index (Phi) is 4.06. The molecule has 0 spiro atoms. The first-order valence-corrected chi connectivity index (χ1v) is 4.55. The predicted molar refractivity (Wildman–Crippen MR) is 53.1 cm³/mol. The molecule has 0 atom stereocenters. The maximum atomic E-state index is 12.6. The average Bonchev–Trinajstić information content (AvgIpc) is 2.35. The highest BCUT2D eigenvalue weighted by Crippen LogP contribution is 2.25. The molecule has 0 bridgehead atoms. The SMILES string of the molecule is COC(=O)c1c(C#N)cnc(C(F)F)c1CN. The van der Waals surface area contributed by atoms with Crippen LogP contribution < -0.4 is 5.73 Å². The van der Waals surface area contributed by atoms with Gasteiger partial charge in [0.05, 0.1) is 18.2 Å². The number of carbonyl (C=O) groups is 1. The first-order chi connectivity index (χ1) is 8.06. The van der Waals surface area contributed by atoms with Crippen molar-refractivity contribution in [3.05, 3.63) is 28.6 Å². The van der Waals surface area contributed by atoms with Crippen molar-refractivity contribution in [1.29, 1.82) is 5.26 Å². The van der Waals surface area contributed by atoms with Crippen molar-refractivity contribution in [2.45, 2.75) is 13.0 Å². The molecule has 1 aromatic heterocycles. The lowest BCUT2D eigenvalue weighted by atomic mass is 10.0. The van der Waals surface area contributed by atoms with Crippen LogP contribution in [0.15, 0.2) is 6.20 Å². The molecule has 0 radical (unpaired) electrons. The number of aromatic nitrogens is 1. The van der Waals surface area contributed by atoms with E-state index in [0.717, 1.165) is 13.3 Å². The number of nitrogens with two attached hydrogens (primary N) is 1. The Balaban J connectivity index is 3.56. The Hall–Kier alpha value is -2.07. The number of esters is 1. The van der Waals surface area contributed by atoms with E-state index in [1.54, 1.807) is 6.07 Å². The fourth-order valence-electron chi connectivity index (χ4n) is 1.38. The maximum Gasteiger partial charge on any atom is 0.339 e. The summed E-state index contributed by atoms with van der Waals surface area (Å²) in [7, 11) is 1.09. The van der Waals surface area contributed by atoms with Crippen LogP contribution in [0.2, 0.25) is 0 Å². The van der Waals surface area contributed by atoms with Crippen LogP contribution in [0, 0.1) is 11.3 Å². The van der Waals surface area contributed by atoms with E-state index in [1.165, 1.54) is 0 Å². The number of halogens is 2. The van der Waals surface area contributed by atoms with Gasteiger partial charge >= 0.3 is 5.97 Å². The summed E-state index contributed by atoms with van der Waals surface area (Å²) in [5, 5.41) is 8.79. The zero-order valence-electron chi connectivity index (χ0n) is 8.91. The number of nitriles is 1. The summed E-state index contributed by atoms with van der Waals surface area (Å²) >= 11 is 0. The Bertz CT molecular complexity index is 483. The van der Waals surface area contributed by atoms with Gasteiger partial charge in [0, 0.05) is 18.3 Å². The van der Waals surface area contributed by atoms with E-state index in [4.69, 9.17) is 11.0 Å². The van der Waals surface area contributed by atoms with Gasteiger partial charge in [-0.3, -0.25) is 4.98 Å². The molecule has 1 rings (SSSR count). The molecule has 0 aliphatic heterocycles. The molecule has 2 N–H and O–H groups in total. The molecule has 17 heavy (non-hydrogen) atoms. The lowest BCUT2D eigenvalue weighted by molar-refractivity contribution is 0.0598. The molecule has 7 heteroatoms. The molecule has 0 saturated carbocycles. The zero-order chi connectivity index (χ0) is 13.0. The number of pyridine rings is 1. The van der Waals surface area contributed by atoms with Crippen molar-refractivity contribution in [2.75, 3.05) is 7.11 Å². The lowest BCUT2D eigenvalue weighted by Gasteiger charge is -2.11. The lowest BCUT2D eigenvalue weighted by Crippen LogP contribution is -2.15. The van der Waals surface area contributed by atoms with Crippen molar-refractivity contribution < 1.29 is 18.3 Å². The highest BCUT2D eigenvalue weighted by molar-refractivity contribution is 5.94. The van der Waals surface area contributed by atoms with E-state index in [2.05, 4.69) is 9.72 Å². The number of hydrogen-bond donors (Lipinski definition) is 1. The summed E-state index contributed by atoms with van der Waals surface area (Å²) < 4.78 is 29.7. The highest BCUT2D eigenvalue weighted by atomic mass is 19.3. The van der Waals surface area contributed by atoms with Gasteiger partial charge < -0.3 is 10.5 Å². The Morgan fingerprint density at radius 2 is 2.35 bits per heavy atom. The first kappa shape index (κ1) is 13.0. The molecule has 0 aliphatic carbocycles. The van der Waals surface area contributed by atoms with E-state index in [9.17, 15) is 13.6 Å². The van der Waals surface area contributed by atoms with Crippen molar-refractivity contribution in [2.24, 2.45) is 5.73 Å². The quantitative estimate of drug-likeness (QED) is 0.801. The minimum atomic E-state index is -2.87. The summed E-state index contributed by atoms with van der Waals surface area (Å²) in [6.45, 7) is -0.327. The molecule has 0 aromatic carbocycles. The first-order valence-electron chi connectivity index (χ1n) is 4.55. The second-order valence-corrected chi connectivity index (χ2v) is 3.02. The number of hydrogen-bond acceptors (Lipinski definition) is 5. The second-order valence-electron chi connectivity index (χ2n) is 3.02. The van der Waals surface area contributed by atoms with E-state index < -0.39 is 18.1 Å². The molecule has 5 nitrogen and oxygen atoms in total. The molecule has 0 unspecified atom stereocenters. The zero-order valence-corrected chi connectivity index (χ0v) is 8.91. The fourth-order valence-corrected chi connectivity index (χ4v) is 1.38. The van der Waals surface area contributed by atoms with E-state index >= 15 is 0 Å². The highest BCUT2D eigenvalue weighted by Gasteiger charge is 2.24. The van der Waals surface area contributed by atoms with Gasteiger partial charge in [-0.05, 0) is 0 Å². The molecular weight excluding hydrogens is 232 g/mol. The smallest absolute Gasteiger partial charge is 0.339 e. The van der Waals surface area contributed by atoms with Crippen LogP contribution >= 0.6 is 0 Å². The summed E-state index contributed by atoms with van der Waals surface area (Å²) in [5.41, 5.74) is 4.16. The van der Waals surface area contributed by atoms with E-state index in [-0.39, 0.29) is 23.2 Å². The van der Waals surface area contributed by atoms with Crippen LogP contribution in [0.25, 0.3) is 0 Å². The number of methoxy groups -OCH3 is 1. The molecule has 0 fully saturated rings. The molecule has 0 saturated heterocycles. The predicted octanol–water partition coefficient (Wildman–Crippen LogP) is 1.14. The van der Waals surface area contributed by atoms with Gasteiger partial charge in [0.1, 0.15) is 11.8 Å². The average molecular weight is 241 g/mol. The largest absolute Gasteiger partial charge is 0.465 e. The maximum absolute atomic E-state index is 12.6. The minimum absolute atomic E-state index is 0.137. The summed E-state index contributed by atoms with van der Waals surface area (Å²) in [5.74, 6) is -0.883. The number of rotatable bonds is 3. The molecule has 1 aromatic rings. The Morgan fingerprint density at radius 3 is 2.76 bits per heavy atom. The van der Waals surface area contributed by atoms with Crippen LogP contribution in [0.4, 0.5) is 8.78 Å². The number of ether oxygens (including phenoxy) is 1. The van der Waals surface area contributed by atoms with Gasteiger partial charge in [0.2, 0.25) is 0 Å². The second kappa shape index (κ2) is 5.32. The molecule has 0 aliphatic rings. The molecule has 0 amide bonds. The van der Waals surface area contributed by atoms with Gasteiger partial charge in [-0.15, -0.1) is 0 Å². The van der Waals surface area contributed by atoms with Crippen LogP contribution in [0.5, 0.6) is 0 Å². The van der Waals surface area contributed by atoms with Gasteiger partial charge in [-0.25, -0.2) is 13.6 Å². The monoisotopic (exact) mass is 241 g/mol. The van der Waals surface area contributed by atoms with Crippen molar-refractivity contribution in [1.82, 2.24) is 4.98 Å².